The Bertz CT molecular complexity index is 1270. The minimum atomic E-state index is -0.535. The van der Waals surface area contributed by atoms with Crippen molar-refractivity contribution < 1.29 is 14.3 Å². The maximum absolute atomic E-state index is 12.8. The van der Waals surface area contributed by atoms with Crippen molar-refractivity contribution in [3.63, 3.8) is 0 Å². The number of aromatic nitrogens is 2. The first kappa shape index (κ1) is 20.4. The Kier molecular flexibility index (Phi) is 5.04. The maximum atomic E-state index is 12.8. The van der Waals surface area contributed by atoms with Crippen molar-refractivity contribution >= 4 is 22.7 Å². The average molecular weight is 431 g/mol. The second kappa shape index (κ2) is 7.89. The number of nitrogens with one attached hydrogen (secondary N) is 1. The lowest BCUT2D eigenvalue weighted by Gasteiger charge is -2.44. The number of aryl methyl sites for hydroxylation is 2. The Labute approximate surface area is 185 Å². The third-order valence-corrected chi connectivity index (χ3v) is 6.52. The lowest BCUT2D eigenvalue weighted by Crippen LogP contribution is -2.52. The number of para-hydroxylation sites is 2. The highest BCUT2D eigenvalue weighted by molar-refractivity contribution is 6.00. The largest absolute Gasteiger partial charge is 0.486 e. The SMILES string of the molecule is Cc1ccc2c(c1)C(=O)CC1(CCN(C(=O)CCc3nc4ccccc4[nH]c3=O)CC1)O2. The van der Waals surface area contributed by atoms with Gasteiger partial charge in [-0.15, -0.1) is 0 Å². The number of H-pyrrole nitrogens is 1. The molecule has 7 nitrogen and oxygen atoms in total. The van der Waals surface area contributed by atoms with E-state index >= 15 is 0 Å². The molecule has 2 aliphatic heterocycles. The molecule has 0 bridgehead atoms. The van der Waals surface area contributed by atoms with Crippen LogP contribution in [-0.2, 0) is 11.2 Å². The molecule has 0 unspecified atom stereocenters. The fourth-order valence-corrected chi connectivity index (χ4v) is 4.67. The molecule has 2 aromatic carbocycles. The van der Waals surface area contributed by atoms with Gasteiger partial charge < -0.3 is 14.6 Å². The number of fused-ring (bicyclic) bond motifs is 2. The molecule has 0 radical (unpaired) electrons. The number of piperidine rings is 1. The van der Waals surface area contributed by atoms with E-state index in [0.29, 0.717) is 66.8 Å². The number of ketones is 1. The van der Waals surface area contributed by atoms with Crippen molar-refractivity contribution in [2.45, 2.75) is 44.6 Å². The maximum Gasteiger partial charge on any atom is 0.270 e. The van der Waals surface area contributed by atoms with Crippen LogP contribution in [0.15, 0.2) is 47.3 Å². The number of nitrogens with zero attached hydrogens (tertiary/aromatic N) is 2. The van der Waals surface area contributed by atoms with Crippen molar-refractivity contribution in [3.8, 4) is 5.75 Å². The number of hydrogen-bond acceptors (Lipinski definition) is 5. The van der Waals surface area contributed by atoms with E-state index in [0.717, 1.165) is 5.56 Å². The summed E-state index contributed by atoms with van der Waals surface area (Å²) in [4.78, 5) is 46.8. The normalized spacial score (nSPS) is 17.3. The predicted molar refractivity (Wildman–Crippen MR) is 120 cm³/mol. The van der Waals surface area contributed by atoms with E-state index in [9.17, 15) is 14.4 Å². The van der Waals surface area contributed by atoms with E-state index in [1.54, 1.807) is 11.0 Å². The molecule has 1 N–H and O–H groups in total. The van der Waals surface area contributed by atoms with Crippen LogP contribution in [0.4, 0.5) is 0 Å². The van der Waals surface area contributed by atoms with Crippen LogP contribution in [0.25, 0.3) is 11.0 Å². The van der Waals surface area contributed by atoms with Crippen molar-refractivity contribution in [3.05, 3.63) is 69.6 Å². The third kappa shape index (κ3) is 3.79. The molecule has 0 atom stereocenters. The standard InChI is InChI=1S/C25H25N3O4/c1-16-6-8-22-17(14-16)21(29)15-25(32-22)10-12-28(13-11-25)23(30)9-7-20-24(31)27-19-5-3-2-4-18(19)26-20/h2-6,8,14H,7,9-13,15H2,1H3,(H,27,31). The monoisotopic (exact) mass is 431 g/mol. The molecule has 3 aromatic rings. The van der Waals surface area contributed by atoms with Crippen LogP contribution < -0.4 is 10.3 Å². The summed E-state index contributed by atoms with van der Waals surface area (Å²) in [6, 6.07) is 13.1. The number of Topliss-reactive ketones (excluding diaryl/α,β-unsaturated/α-hetero) is 1. The molecule has 1 fully saturated rings. The lowest BCUT2D eigenvalue weighted by atomic mass is 9.82. The second-order valence-corrected chi connectivity index (χ2v) is 8.80. The first-order valence-corrected chi connectivity index (χ1v) is 11.0. The Balaban J connectivity index is 1.22. The number of benzene rings is 2. The fraction of sp³-hybridized carbons (Fsp3) is 0.360. The van der Waals surface area contributed by atoms with Crippen LogP contribution in [0.5, 0.6) is 5.75 Å². The zero-order chi connectivity index (χ0) is 22.3. The topological polar surface area (TPSA) is 92.4 Å². The second-order valence-electron chi connectivity index (χ2n) is 8.80. The summed E-state index contributed by atoms with van der Waals surface area (Å²) < 4.78 is 6.29. The molecule has 0 aliphatic carbocycles. The minimum absolute atomic E-state index is 0.00707. The van der Waals surface area contributed by atoms with E-state index < -0.39 is 5.60 Å². The van der Waals surface area contributed by atoms with Gasteiger partial charge in [-0.25, -0.2) is 4.98 Å². The average Bonchev–Trinajstić information content (AvgIpc) is 2.78. The van der Waals surface area contributed by atoms with E-state index in [4.69, 9.17) is 4.74 Å². The van der Waals surface area contributed by atoms with Crippen molar-refractivity contribution in [1.82, 2.24) is 14.9 Å². The summed E-state index contributed by atoms with van der Waals surface area (Å²) in [5.41, 5.74) is 2.68. The van der Waals surface area contributed by atoms with Crippen molar-refractivity contribution in [1.29, 1.82) is 0 Å². The van der Waals surface area contributed by atoms with Gasteiger partial charge in [0, 0.05) is 38.8 Å². The zero-order valence-electron chi connectivity index (χ0n) is 18.0. The van der Waals surface area contributed by atoms with Gasteiger partial charge in [0.25, 0.3) is 5.56 Å². The van der Waals surface area contributed by atoms with Crippen molar-refractivity contribution in [2.24, 2.45) is 0 Å². The first-order valence-electron chi connectivity index (χ1n) is 11.0. The van der Waals surface area contributed by atoms with Crippen LogP contribution >= 0.6 is 0 Å². The molecular weight excluding hydrogens is 406 g/mol. The number of aromatic amines is 1. The summed E-state index contributed by atoms with van der Waals surface area (Å²) in [5.74, 6) is 0.747. The van der Waals surface area contributed by atoms with Gasteiger partial charge in [0.15, 0.2) is 5.78 Å². The quantitative estimate of drug-likeness (QED) is 0.688. The van der Waals surface area contributed by atoms with Crippen LogP contribution in [0.2, 0.25) is 0 Å². The highest BCUT2D eigenvalue weighted by Gasteiger charge is 2.43. The Hall–Kier alpha value is -3.48. The number of hydrogen-bond donors (Lipinski definition) is 1. The molecule has 2 aliphatic rings. The van der Waals surface area contributed by atoms with E-state index in [1.807, 2.05) is 43.3 Å². The van der Waals surface area contributed by atoms with Gasteiger partial charge in [-0.1, -0.05) is 23.8 Å². The molecule has 0 saturated carbocycles. The van der Waals surface area contributed by atoms with Gasteiger partial charge in [-0.3, -0.25) is 14.4 Å². The first-order chi connectivity index (χ1) is 15.4. The molecule has 5 rings (SSSR count). The highest BCUT2D eigenvalue weighted by Crippen LogP contribution is 2.39. The number of rotatable bonds is 3. The van der Waals surface area contributed by atoms with Crippen LogP contribution in [0.3, 0.4) is 0 Å². The molecule has 1 aromatic heterocycles. The Morgan fingerprint density at radius 2 is 1.94 bits per heavy atom. The van der Waals surface area contributed by atoms with Crippen LogP contribution in [-0.4, -0.2) is 45.2 Å². The van der Waals surface area contributed by atoms with Gasteiger partial charge in [0.05, 0.1) is 23.0 Å². The third-order valence-electron chi connectivity index (χ3n) is 6.52. The smallest absolute Gasteiger partial charge is 0.270 e. The van der Waals surface area contributed by atoms with E-state index in [2.05, 4.69) is 9.97 Å². The van der Waals surface area contributed by atoms with Gasteiger partial charge in [0.1, 0.15) is 17.0 Å². The number of ether oxygens (including phenoxy) is 1. The Morgan fingerprint density at radius 1 is 1.16 bits per heavy atom. The van der Waals surface area contributed by atoms with Crippen LogP contribution in [0.1, 0.15) is 47.3 Å². The Morgan fingerprint density at radius 3 is 2.75 bits per heavy atom. The number of likely N-dealkylation sites (tertiary alicyclic amines) is 1. The number of carbonyl (C=O) groups excluding carboxylic acids is 2. The van der Waals surface area contributed by atoms with Gasteiger partial charge in [-0.2, -0.15) is 0 Å². The lowest BCUT2D eigenvalue weighted by molar-refractivity contribution is -0.134. The molecule has 1 saturated heterocycles. The molecule has 1 spiro atoms. The number of carbonyl (C=O) groups is 2. The van der Waals surface area contributed by atoms with Gasteiger partial charge >= 0.3 is 0 Å². The van der Waals surface area contributed by atoms with Crippen LogP contribution in [0, 0.1) is 6.92 Å². The van der Waals surface area contributed by atoms with E-state index in [-0.39, 0.29) is 23.7 Å². The van der Waals surface area contributed by atoms with E-state index in [1.165, 1.54) is 0 Å². The molecule has 7 heteroatoms. The molecule has 1 amide bonds. The molecule has 3 heterocycles. The highest BCUT2D eigenvalue weighted by atomic mass is 16.5. The van der Waals surface area contributed by atoms with Gasteiger partial charge in [0.2, 0.25) is 5.91 Å². The summed E-state index contributed by atoms with van der Waals surface area (Å²) in [7, 11) is 0. The molecular formula is C25H25N3O4. The summed E-state index contributed by atoms with van der Waals surface area (Å²) in [5, 5.41) is 0. The molecule has 32 heavy (non-hydrogen) atoms. The summed E-state index contributed by atoms with van der Waals surface area (Å²) in [6.07, 6.45) is 2.10. The predicted octanol–water partition coefficient (Wildman–Crippen LogP) is 3.19. The minimum Gasteiger partial charge on any atom is -0.486 e. The molecule has 164 valence electrons. The fourth-order valence-electron chi connectivity index (χ4n) is 4.67. The number of amides is 1. The van der Waals surface area contributed by atoms with Gasteiger partial charge in [-0.05, 0) is 31.2 Å². The summed E-state index contributed by atoms with van der Waals surface area (Å²) >= 11 is 0. The van der Waals surface area contributed by atoms with Crippen molar-refractivity contribution in [2.75, 3.05) is 13.1 Å². The summed E-state index contributed by atoms with van der Waals surface area (Å²) in [6.45, 7) is 3.03. The zero-order valence-corrected chi connectivity index (χ0v) is 18.0.